The van der Waals surface area contributed by atoms with E-state index in [1.54, 1.807) is 18.3 Å². The summed E-state index contributed by atoms with van der Waals surface area (Å²) in [6.07, 6.45) is 6.37. The summed E-state index contributed by atoms with van der Waals surface area (Å²) < 4.78 is 29.3. The first kappa shape index (κ1) is 23.6. The summed E-state index contributed by atoms with van der Waals surface area (Å²) in [5.41, 5.74) is 1.24. The van der Waals surface area contributed by atoms with Gasteiger partial charge in [0.05, 0.1) is 28.4 Å². The topological polar surface area (TPSA) is 124 Å². The quantitative estimate of drug-likeness (QED) is 0.520. The van der Waals surface area contributed by atoms with Gasteiger partial charge in [-0.3, -0.25) is 9.48 Å². The Balaban J connectivity index is 1.56. The van der Waals surface area contributed by atoms with Crippen LogP contribution in [0.4, 0.5) is 11.5 Å². The number of pyridine rings is 1. The van der Waals surface area contributed by atoms with Crippen LogP contribution in [0.5, 0.6) is 0 Å². The highest BCUT2D eigenvalue weighted by Crippen LogP contribution is 2.38. The Hall–Kier alpha value is -3.16. The monoisotopic (exact) mass is 494 g/mol. The van der Waals surface area contributed by atoms with Crippen LogP contribution in [0, 0.1) is 17.2 Å². The van der Waals surface area contributed by atoms with Gasteiger partial charge >= 0.3 is 0 Å². The molecule has 3 heterocycles. The Morgan fingerprint density at radius 2 is 1.94 bits per heavy atom. The normalized spacial score (nSPS) is 22.5. The minimum atomic E-state index is -3.56. The van der Waals surface area contributed by atoms with E-state index in [0.29, 0.717) is 39.4 Å². The Bertz CT molecular complexity index is 1490. The molecule has 0 bridgehead atoms. The van der Waals surface area contributed by atoms with Crippen molar-refractivity contribution in [3.8, 4) is 6.07 Å². The summed E-state index contributed by atoms with van der Waals surface area (Å²) >= 11 is 0. The summed E-state index contributed by atoms with van der Waals surface area (Å²) in [7, 11) is -3.56. The molecule has 35 heavy (non-hydrogen) atoms. The van der Waals surface area contributed by atoms with Crippen LogP contribution < -0.4 is 10.9 Å². The third-order valence-corrected chi connectivity index (χ3v) is 9.25. The lowest BCUT2D eigenvalue weighted by Gasteiger charge is -2.29. The van der Waals surface area contributed by atoms with Crippen molar-refractivity contribution in [1.82, 2.24) is 19.1 Å². The molecule has 1 aliphatic heterocycles. The van der Waals surface area contributed by atoms with Crippen molar-refractivity contribution in [2.45, 2.75) is 75.9 Å². The molecule has 1 fully saturated rings. The Labute approximate surface area is 204 Å². The lowest BCUT2D eigenvalue weighted by molar-refractivity contribution is 0.252. The fourth-order valence-electron chi connectivity index (χ4n) is 5.30. The molecule has 1 aromatic carbocycles. The summed E-state index contributed by atoms with van der Waals surface area (Å²) in [5.74, 6) is 0.234. The van der Waals surface area contributed by atoms with Crippen LogP contribution >= 0.6 is 0 Å². The summed E-state index contributed by atoms with van der Waals surface area (Å²) in [6.45, 7) is 5.92. The van der Waals surface area contributed by atoms with Crippen molar-refractivity contribution >= 4 is 32.4 Å². The lowest BCUT2D eigenvalue weighted by Crippen LogP contribution is -2.41. The molecular weight excluding hydrogens is 464 g/mol. The molecular formula is C25H30N6O3S. The van der Waals surface area contributed by atoms with Gasteiger partial charge in [-0.25, -0.2) is 8.42 Å². The number of sulfonamides is 1. The summed E-state index contributed by atoms with van der Waals surface area (Å²) in [4.78, 5) is 15.9. The van der Waals surface area contributed by atoms with Crippen LogP contribution in [0.1, 0.15) is 64.5 Å². The van der Waals surface area contributed by atoms with E-state index in [0.717, 1.165) is 32.1 Å². The Kier molecular flexibility index (Phi) is 5.73. The molecule has 9 nitrogen and oxygen atoms in total. The number of anilines is 2. The molecule has 2 atom stereocenters. The minimum Gasteiger partial charge on any atom is -0.338 e. The third kappa shape index (κ3) is 4.02. The van der Waals surface area contributed by atoms with Gasteiger partial charge in [-0.15, -0.1) is 0 Å². The maximum absolute atomic E-state index is 13.0. The summed E-state index contributed by atoms with van der Waals surface area (Å²) in [6, 6.07) is 9.30. The molecule has 3 aromatic rings. The Morgan fingerprint density at radius 3 is 2.69 bits per heavy atom. The number of hydrogen-bond acceptors (Lipinski definition) is 6. The van der Waals surface area contributed by atoms with E-state index in [-0.39, 0.29) is 17.5 Å². The molecule has 2 aliphatic rings. The van der Waals surface area contributed by atoms with E-state index in [1.165, 1.54) is 4.31 Å². The first-order chi connectivity index (χ1) is 16.6. The van der Waals surface area contributed by atoms with E-state index in [2.05, 4.69) is 16.4 Å². The molecule has 0 spiro atoms. The maximum Gasteiger partial charge on any atom is 0.261 e. The summed E-state index contributed by atoms with van der Waals surface area (Å²) in [5, 5.41) is 18.3. The lowest BCUT2D eigenvalue weighted by atomic mass is 9.96. The number of rotatable bonds is 3. The smallest absolute Gasteiger partial charge is 0.261 e. The highest BCUT2D eigenvalue weighted by molar-refractivity contribution is 7.89. The molecule has 1 aliphatic carbocycles. The molecule has 0 amide bonds. The van der Waals surface area contributed by atoms with E-state index in [1.807, 2.05) is 37.6 Å². The molecule has 184 valence electrons. The van der Waals surface area contributed by atoms with Gasteiger partial charge in [0, 0.05) is 24.0 Å². The van der Waals surface area contributed by atoms with Crippen molar-refractivity contribution < 1.29 is 8.42 Å². The second kappa shape index (κ2) is 8.50. The van der Waals surface area contributed by atoms with Gasteiger partial charge in [0.2, 0.25) is 10.0 Å². The molecule has 1 unspecified atom stereocenters. The van der Waals surface area contributed by atoms with Gasteiger partial charge < -0.3 is 10.3 Å². The zero-order valence-electron chi connectivity index (χ0n) is 20.2. The second-order valence-corrected chi connectivity index (χ2v) is 12.3. The number of aromatic nitrogens is 3. The molecule has 2 N–H and O–H groups in total. The predicted molar refractivity (Wildman–Crippen MR) is 134 cm³/mol. The number of benzene rings is 1. The van der Waals surface area contributed by atoms with E-state index in [4.69, 9.17) is 5.10 Å². The first-order valence-electron chi connectivity index (χ1n) is 12.0. The van der Waals surface area contributed by atoms with Crippen LogP contribution in [0.25, 0.3) is 10.9 Å². The van der Waals surface area contributed by atoms with Crippen molar-refractivity contribution in [3.05, 3.63) is 46.4 Å². The average molecular weight is 495 g/mol. The third-order valence-electron chi connectivity index (χ3n) is 7.04. The highest BCUT2D eigenvalue weighted by Gasteiger charge is 2.41. The average Bonchev–Trinajstić information content (AvgIpc) is 3.17. The molecule has 2 aromatic heterocycles. The highest BCUT2D eigenvalue weighted by atomic mass is 32.2. The van der Waals surface area contributed by atoms with Crippen LogP contribution in [0.15, 0.2) is 40.2 Å². The fraction of sp³-hybridized carbons (Fsp3) is 0.480. The van der Waals surface area contributed by atoms with Gasteiger partial charge in [0.1, 0.15) is 5.39 Å². The minimum absolute atomic E-state index is 0.104. The van der Waals surface area contributed by atoms with Gasteiger partial charge in [-0.2, -0.15) is 14.7 Å². The molecule has 10 heteroatoms. The number of fused-ring (bicyclic) bond motifs is 2. The van der Waals surface area contributed by atoms with Crippen molar-refractivity contribution in [1.29, 1.82) is 5.26 Å². The maximum atomic E-state index is 13.0. The second-order valence-electron chi connectivity index (χ2n) is 10.4. The molecule has 1 saturated carbocycles. The van der Waals surface area contributed by atoms with E-state index >= 15 is 0 Å². The van der Waals surface area contributed by atoms with Crippen LogP contribution in [0.3, 0.4) is 0 Å². The van der Waals surface area contributed by atoms with Gasteiger partial charge in [-0.1, -0.05) is 19.3 Å². The zero-order chi connectivity index (χ0) is 25.0. The SMILES string of the molecule is CC(C)(C)N1Cc2cc(Nc3nn([C@@H]4CCCCCC4C#N)c4cc[nH]c(=O)c34)ccc2S1(=O)=O. The van der Waals surface area contributed by atoms with Crippen molar-refractivity contribution in [2.24, 2.45) is 5.92 Å². The van der Waals surface area contributed by atoms with Crippen molar-refractivity contribution in [3.63, 3.8) is 0 Å². The molecule has 0 radical (unpaired) electrons. The number of H-pyrrole nitrogens is 1. The van der Waals surface area contributed by atoms with Crippen LogP contribution in [-0.2, 0) is 16.6 Å². The molecule has 5 rings (SSSR count). The van der Waals surface area contributed by atoms with Gasteiger partial charge in [-0.05, 0) is 63.4 Å². The molecule has 0 saturated heterocycles. The van der Waals surface area contributed by atoms with Gasteiger partial charge in [0.25, 0.3) is 5.56 Å². The zero-order valence-corrected chi connectivity index (χ0v) is 21.0. The van der Waals surface area contributed by atoms with E-state index in [9.17, 15) is 18.5 Å². The Morgan fingerprint density at radius 1 is 1.17 bits per heavy atom. The number of hydrogen-bond donors (Lipinski definition) is 2. The number of aromatic amines is 1. The largest absolute Gasteiger partial charge is 0.338 e. The fourth-order valence-corrected chi connectivity index (χ4v) is 7.26. The number of nitrogens with one attached hydrogen (secondary N) is 2. The number of nitriles is 1. The van der Waals surface area contributed by atoms with Crippen molar-refractivity contribution in [2.75, 3.05) is 5.32 Å². The van der Waals surface area contributed by atoms with Crippen LogP contribution in [-0.4, -0.2) is 33.0 Å². The van der Waals surface area contributed by atoms with E-state index < -0.39 is 15.6 Å². The standard InChI is InChI=1S/C25H30N6O3S/c1-25(2,3)30-15-17-13-18(9-10-21(17)35(30,33)34)28-23-22-20(11-12-27-24(22)32)31(29-23)19-8-6-4-5-7-16(19)14-26/h9-13,16,19H,4-8,15H2,1-3H3,(H,27,32)(H,28,29)/t16?,19-/m1/s1. The predicted octanol–water partition coefficient (Wildman–Crippen LogP) is 4.42. The first-order valence-corrected chi connectivity index (χ1v) is 13.5. The van der Waals surface area contributed by atoms with Crippen LogP contribution in [0.2, 0.25) is 0 Å². The van der Waals surface area contributed by atoms with Gasteiger partial charge in [0.15, 0.2) is 5.82 Å². The number of nitrogens with zero attached hydrogens (tertiary/aromatic N) is 4.